The van der Waals surface area contributed by atoms with E-state index in [0.29, 0.717) is 11.3 Å². The lowest BCUT2D eigenvalue weighted by Crippen LogP contribution is -2.22. The Morgan fingerprint density at radius 3 is 2.60 bits per heavy atom. The summed E-state index contributed by atoms with van der Waals surface area (Å²) in [6.45, 7) is 2.21. The van der Waals surface area contributed by atoms with Crippen molar-refractivity contribution in [3.8, 4) is 5.75 Å². The number of carbonyl (C=O) groups excluding carboxylic acids is 1. The molecule has 0 radical (unpaired) electrons. The van der Waals surface area contributed by atoms with Gasteiger partial charge in [0.05, 0.1) is 13.7 Å². The van der Waals surface area contributed by atoms with E-state index >= 15 is 0 Å². The van der Waals surface area contributed by atoms with Gasteiger partial charge >= 0.3 is 0 Å². The Morgan fingerprint density at radius 1 is 1.20 bits per heavy atom. The maximum absolute atomic E-state index is 12.5. The number of hydrogen-bond donors (Lipinski definition) is 1. The fourth-order valence-corrected chi connectivity index (χ4v) is 4.07. The molecule has 0 atom stereocenters. The van der Waals surface area contributed by atoms with Gasteiger partial charge in [-0.3, -0.25) is 4.79 Å². The Bertz CT molecular complexity index is 1210. The number of rotatable bonds is 7. The molecule has 0 aliphatic carbocycles. The first-order valence-corrected chi connectivity index (χ1v) is 10.7. The SMILES string of the molecule is COc1ccc(/C=C/C(=O)NCc2oc3ccccc3c2C)cc1S(=O)(=O)N(C)C. The average Bonchev–Trinajstić information content (AvgIpc) is 3.06. The average molecular weight is 429 g/mol. The second-order valence-electron chi connectivity index (χ2n) is 6.90. The summed E-state index contributed by atoms with van der Waals surface area (Å²) in [5.41, 5.74) is 2.33. The molecule has 1 amide bonds. The number of fused-ring (bicyclic) bond motifs is 1. The van der Waals surface area contributed by atoms with E-state index < -0.39 is 10.0 Å². The summed E-state index contributed by atoms with van der Waals surface area (Å²) >= 11 is 0. The van der Waals surface area contributed by atoms with Gasteiger partial charge in [0.25, 0.3) is 0 Å². The fraction of sp³-hybridized carbons (Fsp3) is 0.227. The molecule has 8 heteroatoms. The molecule has 3 rings (SSSR count). The van der Waals surface area contributed by atoms with Gasteiger partial charge in [-0.05, 0) is 36.8 Å². The minimum Gasteiger partial charge on any atom is -0.495 e. The Kier molecular flexibility index (Phi) is 6.28. The van der Waals surface area contributed by atoms with Crippen LogP contribution >= 0.6 is 0 Å². The molecule has 1 aromatic heterocycles. The molecule has 0 saturated carbocycles. The lowest BCUT2D eigenvalue weighted by atomic mass is 10.1. The van der Waals surface area contributed by atoms with Crippen molar-refractivity contribution in [1.29, 1.82) is 0 Å². The Balaban J connectivity index is 1.73. The van der Waals surface area contributed by atoms with Crippen LogP contribution in [-0.2, 0) is 21.4 Å². The number of hydrogen-bond acceptors (Lipinski definition) is 5. The predicted octanol–water partition coefficient (Wildman–Crippen LogP) is 3.33. The number of sulfonamides is 1. The molecule has 0 spiro atoms. The second kappa shape index (κ2) is 8.73. The standard InChI is InChI=1S/C22H24N2O5S/c1-15-17-7-5-6-8-18(17)29-20(15)14-23-22(25)12-10-16-9-11-19(28-4)21(13-16)30(26,27)24(2)3/h5-13H,14H2,1-4H3,(H,23,25)/b12-10+. The van der Waals surface area contributed by atoms with Crippen molar-refractivity contribution in [2.75, 3.05) is 21.2 Å². The van der Waals surface area contributed by atoms with Crippen LogP contribution in [0, 0.1) is 6.92 Å². The minimum atomic E-state index is -3.68. The second-order valence-corrected chi connectivity index (χ2v) is 9.02. The molecule has 7 nitrogen and oxygen atoms in total. The summed E-state index contributed by atoms with van der Waals surface area (Å²) in [5.74, 6) is 0.620. The van der Waals surface area contributed by atoms with Crippen molar-refractivity contribution in [2.45, 2.75) is 18.4 Å². The van der Waals surface area contributed by atoms with E-state index in [2.05, 4.69) is 5.32 Å². The minimum absolute atomic E-state index is 0.0375. The number of aryl methyl sites for hydroxylation is 1. The van der Waals surface area contributed by atoms with E-state index in [4.69, 9.17) is 9.15 Å². The molecule has 0 aliphatic heterocycles. The molecule has 2 aromatic carbocycles. The van der Waals surface area contributed by atoms with Crippen molar-refractivity contribution >= 4 is 33.0 Å². The molecule has 30 heavy (non-hydrogen) atoms. The first-order valence-electron chi connectivity index (χ1n) is 9.27. The lowest BCUT2D eigenvalue weighted by Gasteiger charge is -2.14. The first-order chi connectivity index (χ1) is 14.2. The Morgan fingerprint density at radius 2 is 1.93 bits per heavy atom. The third-order valence-corrected chi connectivity index (χ3v) is 6.58. The van der Waals surface area contributed by atoms with Crippen LogP contribution in [0.2, 0.25) is 0 Å². The molecule has 3 aromatic rings. The van der Waals surface area contributed by atoms with Crippen molar-refractivity contribution in [1.82, 2.24) is 9.62 Å². The highest BCUT2D eigenvalue weighted by Gasteiger charge is 2.22. The summed E-state index contributed by atoms with van der Waals surface area (Å²) in [5, 5.41) is 3.80. The number of carbonyl (C=O) groups is 1. The summed E-state index contributed by atoms with van der Waals surface area (Å²) < 4.78 is 37.1. The van der Waals surface area contributed by atoms with E-state index in [0.717, 1.165) is 20.8 Å². The molecule has 0 saturated heterocycles. The molecule has 158 valence electrons. The number of benzene rings is 2. The van der Waals surface area contributed by atoms with Crippen LogP contribution in [0.4, 0.5) is 0 Å². The quantitative estimate of drug-likeness (QED) is 0.583. The zero-order valence-corrected chi connectivity index (χ0v) is 18.1. The summed E-state index contributed by atoms with van der Waals surface area (Å²) in [7, 11) is 0.625. The number of methoxy groups -OCH3 is 1. The monoisotopic (exact) mass is 428 g/mol. The lowest BCUT2D eigenvalue weighted by molar-refractivity contribution is -0.116. The third-order valence-electron chi connectivity index (χ3n) is 4.74. The van der Waals surface area contributed by atoms with Crippen LogP contribution in [0.1, 0.15) is 16.9 Å². The summed E-state index contributed by atoms with van der Waals surface area (Å²) in [4.78, 5) is 12.3. The summed E-state index contributed by atoms with van der Waals surface area (Å²) in [6.07, 6.45) is 2.90. The number of nitrogens with one attached hydrogen (secondary N) is 1. The number of furan rings is 1. The van der Waals surface area contributed by atoms with Gasteiger partial charge < -0.3 is 14.5 Å². The molecule has 0 aliphatic rings. The third kappa shape index (κ3) is 4.39. The Hall–Kier alpha value is -3.10. The van der Waals surface area contributed by atoms with Crippen molar-refractivity contribution in [2.24, 2.45) is 0 Å². The van der Waals surface area contributed by atoms with Crippen LogP contribution < -0.4 is 10.1 Å². The van der Waals surface area contributed by atoms with E-state index in [9.17, 15) is 13.2 Å². The maximum atomic E-state index is 12.5. The molecular formula is C22H24N2O5S. The number of nitrogens with zero attached hydrogens (tertiary/aromatic N) is 1. The maximum Gasteiger partial charge on any atom is 0.246 e. The molecular weight excluding hydrogens is 404 g/mol. The Labute approximate surface area is 176 Å². The topological polar surface area (TPSA) is 88.8 Å². The van der Waals surface area contributed by atoms with Gasteiger partial charge in [-0.25, -0.2) is 12.7 Å². The molecule has 0 fully saturated rings. The number of amides is 1. The van der Waals surface area contributed by atoms with Crippen molar-refractivity contribution in [3.63, 3.8) is 0 Å². The van der Waals surface area contributed by atoms with Crippen molar-refractivity contribution < 1.29 is 22.4 Å². The van der Waals surface area contributed by atoms with Crippen LogP contribution in [0.5, 0.6) is 5.75 Å². The normalized spacial score (nSPS) is 12.0. The van der Waals surface area contributed by atoms with Crippen LogP contribution in [0.15, 0.2) is 57.9 Å². The van der Waals surface area contributed by atoms with Gasteiger partial charge in [0.1, 0.15) is 22.0 Å². The first kappa shape index (κ1) is 21.6. The highest BCUT2D eigenvalue weighted by Crippen LogP contribution is 2.27. The smallest absolute Gasteiger partial charge is 0.246 e. The number of ether oxygens (including phenoxy) is 1. The fourth-order valence-electron chi connectivity index (χ4n) is 2.99. The van der Waals surface area contributed by atoms with Gasteiger partial charge in [-0.1, -0.05) is 24.3 Å². The largest absolute Gasteiger partial charge is 0.495 e. The van der Waals surface area contributed by atoms with Gasteiger partial charge in [-0.15, -0.1) is 0 Å². The van der Waals surface area contributed by atoms with E-state index in [1.807, 2.05) is 31.2 Å². The zero-order valence-electron chi connectivity index (χ0n) is 17.3. The van der Waals surface area contributed by atoms with Crippen molar-refractivity contribution in [3.05, 3.63) is 65.4 Å². The molecule has 1 N–H and O–H groups in total. The molecule has 1 heterocycles. The van der Waals surface area contributed by atoms with Crippen LogP contribution in [0.25, 0.3) is 17.0 Å². The predicted molar refractivity (Wildman–Crippen MR) is 116 cm³/mol. The van der Waals surface area contributed by atoms with Crippen LogP contribution in [0.3, 0.4) is 0 Å². The van der Waals surface area contributed by atoms with E-state index in [1.54, 1.807) is 18.2 Å². The molecule has 0 bridgehead atoms. The zero-order chi connectivity index (χ0) is 21.9. The van der Waals surface area contributed by atoms with Gasteiger partial charge in [0.2, 0.25) is 15.9 Å². The highest BCUT2D eigenvalue weighted by molar-refractivity contribution is 7.89. The highest BCUT2D eigenvalue weighted by atomic mass is 32.2. The molecule has 0 unspecified atom stereocenters. The summed E-state index contributed by atoms with van der Waals surface area (Å²) in [6, 6.07) is 12.4. The van der Waals surface area contributed by atoms with E-state index in [1.165, 1.54) is 33.3 Å². The van der Waals surface area contributed by atoms with Gasteiger partial charge in [0, 0.05) is 31.1 Å². The van der Waals surface area contributed by atoms with E-state index in [-0.39, 0.29) is 23.1 Å². The number of para-hydroxylation sites is 1. The van der Waals surface area contributed by atoms with Crippen LogP contribution in [-0.4, -0.2) is 39.8 Å². The van der Waals surface area contributed by atoms with Gasteiger partial charge in [-0.2, -0.15) is 0 Å². The van der Waals surface area contributed by atoms with Gasteiger partial charge in [0.15, 0.2) is 0 Å².